The van der Waals surface area contributed by atoms with Crippen LogP contribution in [0.5, 0.6) is 0 Å². The van der Waals surface area contributed by atoms with Gasteiger partial charge >= 0.3 is 0 Å². The molecule has 0 aromatic carbocycles. The van der Waals surface area contributed by atoms with E-state index >= 15 is 0 Å². The van der Waals surface area contributed by atoms with Gasteiger partial charge in [-0.3, -0.25) is 4.68 Å². The average Bonchev–Trinajstić information content (AvgIpc) is 3.09. The Morgan fingerprint density at radius 2 is 1.88 bits per heavy atom. The van der Waals surface area contributed by atoms with E-state index in [2.05, 4.69) is 37.0 Å². The van der Waals surface area contributed by atoms with Crippen molar-refractivity contribution in [2.75, 3.05) is 29.4 Å². The molecular formula is C18H21N7. The molecule has 0 atom stereocenters. The summed E-state index contributed by atoms with van der Waals surface area (Å²) in [5, 5.41) is 4.30. The second kappa shape index (κ2) is 6.88. The number of nitrogens with zero attached hydrogens (tertiary/aromatic N) is 7. The smallest absolute Gasteiger partial charge is 0.225 e. The van der Waals surface area contributed by atoms with Gasteiger partial charge in [0, 0.05) is 62.2 Å². The Morgan fingerprint density at radius 3 is 2.68 bits per heavy atom. The van der Waals surface area contributed by atoms with E-state index in [1.807, 2.05) is 36.1 Å². The summed E-state index contributed by atoms with van der Waals surface area (Å²) in [4.78, 5) is 18.2. The molecule has 0 saturated carbocycles. The van der Waals surface area contributed by atoms with Gasteiger partial charge in [-0.05, 0) is 25.1 Å². The molecule has 0 saturated heterocycles. The summed E-state index contributed by atoms with van der Waals surface area (Å²) in [5.41, 5.74) is 2.24. The fourth-order valence-corrected chi connectivity index (χ4v) is 3.10. The third kappa shape index (κ3) is 3.45. The minimum absolute atomic E-state index is 0.767. The van der Waals surface area contributed by atoms with Crippen molar-refractivity contribution in [1.29, 1.82) is 0 Å². The molecule has 0 bridgehead atoms. The average molecular weight is 335 g/mol. The van der Waals surface area contributed by atoms with E-state index in [0.717, 1.165) is 50.2 Å². The Morgan fingerprint density at radius 1 is 1.00 bits per heavy atom. The number of aromatic nitrogens is 5. The van der Waals surface area contributed by atoms with E-state index in [4.69, 9.17) is 4.98 Å². The minimum Gasteiger partial charge on any atom is -0.353 e. The van der Waals surface area contributed by atoms with Gasteiger partial charge in [0.05, 0.1) is 6.54 Å². The number of anilines is 2. The Kier molecular flexibility index (Phi) is 4.28. The van der Waals surface area contributed by atoms with Crippen LogP contribution in [-0.4, -0.2) is 44.4 Å². The van der Waals surface area contributed by atoms with Crippen LogP contribution in [0, 0.1) is 6.92 Å². The molecule has 1 aliphatic rings. The van der Waals surface area contributed by atoms with E-state index in [9.17, 15) is 0 Å². The first-order valence-electron chi connectivity index (χ1n) is 8.50. The van der Waals surface area contributed by atoms with Crippen LogP contribution in [0.25, 0.3) is 0 Å². The summed E-state index contributed by atoms with van der Waals surface area (Å²) < 4.78 is 1.96. The number of aryl methyl sites for hydroxylation is 1. The van der Waals surface area contributed by atoms with Crippen molar-refractivity contribution >= 4 is 11.8 Å². The minimum atomic E-state index is 0.767. The summed E-state index contributed by atoms with van der Waals surface area (Å²) in [5.74, 6) is 1.83. The molecule has 3 aromatic heterocycles. The highest BCUT2D eigenvalue weighted by Gasteiger charge is 2.22. The molecule has 25 heavy (non-hydrogen) atoms. The zero-order valence-electron chi connectivity index (χ0n) is 14.3. The molecular weight excluding hydrogens is 314 g/mol. The molecule has 4 heterocycles. The molecule has 0 fully saturated rings. The van der Waals surface area contributed by atoms with Gasteiger partial charge in [-0.15, -0.1) is 0 Å². The lowest BCUT2D eigenvalue weighted by Crippen LogP contribution is -2.34. The molecule has 0 aliphatic carbocycles. The summed E-state index contributed by atoms with van der Waals surface area (Å²) in [6.45, 7) is 6.25. The summed E-state index contributed by atoms with van der Waals surface area (Å²) in [7, 11) is 0. The third-order valence-electron chi connectivity index (χ3n) is 4.39. The lowest BCUT2D eigenvalue weighted by Gasteiger charge is -2.24. The van der Waals surface area contributed by atoms with E-state index in [0.29, 0.717) is 0 Å². The van der Waals surface area contributed by atoms with Crippen molar-refractivity contribution in [2.45, 2.75) is 20.0 Å². The molecule has 0 unspecified atom stereocenters. The first-order chi connectivity index (χ1) is 12.3. The number of rotatable bonds is 4. The van der Waals surface area contributed by atoms with Crippen molar-refractivity contribution < 1.29 is 0 Å². The van der Waals surface area contributed by atoms with Gasteiger partial charge in [0.15, 0.2) is 0 Å². The molecule has 0 N–H and O–H groups in total. The Balaban J connectivity index is 1.60. The normalized spacial score (nSPS) is 14.3. The lowest BCUT2D eigenvalue weighted by molar-refractivity contribution is 0.593. The standard InChI is InChI=1S/C18H21N7/c1-15-4-5-16-14-24(18-19-6-2-7-20-18)11-10-23(17(16)22-15)12-13-25-9-3-8-21-25/h2-9H,10-14H2,1H3. The topological polar surface area (TPSA) is 63.0 Å². The summed E-state index contributed by atoms with van der Waals surface area (Å²) >= 11 is 0. The number of pyridine rings is 1. The van der Waals surface area contributed by atoms with E-state index in [-0.39, 0.29) is 0 Å². The van der Waals surface area contributed by atoms with Gasteiger partial charge in [-0.2, -0.15) is 5.10 Å². The van der Waals surface area contributed by atoms with E-state index in [1.54, 1.807) is 12.4 Å². The molecule has 0 amide bonds. The van der Waals surface area contributed by atoms with Crippen molar-refractivity contribution in [1.82, 2.24) is 24.7 Å². The molecule has 128 valence electrons. The SMILES string of the molecule is Cc1ccc2c(n1)N(CCn1cccn1)CCN(c1ncccn1)C2. The zero-order chi connectivity index (χ0) is 17.1. The van der Waals surface area contributed by atoms with Gasteiger partial charge in [0.1, 0.15) is 5.82 Å². The van der Waals surface area contributed by atoms with Gasteiger partial charge in [0.2, 0.25) is 5.95 Å². The van der Waals surface area contributed by atoms with Gasteiger partial charge in [-0.1, -0.05) is 6.07 Å². The van der Waals surface area contributed by atoms with Crippen LogP contribution in [0.1, 0.15) is 11.3 Å². The molecule has 3 aromatic rings. The molecule has 4 rings (SSSR count). The molecule has 7 nitrogen and oxygen atoms in total. The van der Waals surface area contributed by atoms with Crippen LogP contribution in [0.2, 0.25) is 0 Å². The highest BCUT2D eigenvalue weighted by atomic mass is 15.3. The van der Waals surface area contributed by atoms with Gasteiger partial charge < -0.3 is 9.80 Å². The summed E-state index contributed by atoms with van der Waals surface area (Å²) in [6, 6.07) is 8.03. The number of fused-ring (bicyclic) bond motifs is 1. The Hall–Kier alpha value is -2.96. The maximum Gasteiger partial charge on any atom is 0.225 e. The predicted molar refractivity (Wildman–Crippen MR) is 96.5 cm³/mol. The van der Waals surface area contributed by atoms with Crippen LogP contribution in [0.15, 0.2) is 49.1 Å². The van der Waals surface area contributed by atoms with Crippen LogP contribution >= 0.6 is 0 Å². The highest BCUT2D eigenvalue weighted by Crippen LogP contribution is 2.25. The van der Waals surface area contributed by atoms with Crippen molar-refractivity contribution in [3.05, 3.63) is 60.3 Å². The second-order valence-corrected chi connectivity index (χ2v) is 6.16. The van der Waals surface area contributed by atoms with Crippen molar-refractivity contribution in [2.24, 2.45) is 0 Å². The van der Waals surface area contributed by atoms with E-state index < -0.39 is 0 Å². The molecule has 1 aliphatic heterocycles. The second-order valence-electron chi connectivity index (χ2n) is 6.16. The van der Waals surface area contributed by atoms with Crippen LogP contribution in [-0.2, 0) is 13.1 Å². The number of hydrogen-bond donors (Lipinski definition) is 0. The molecule has 0 radical (unpaired) electrons. The largest absolute Gasteiger partial charge is 0.353 e. The molecule has 0 spiro atoms. The Labute approximate surface area is 147 Å². The fraction of sp³-hybridized carbons (Fsp3) is 0.333. The van der Waals surface area contributed by atoms with Crippen molar-refractivity contribution in [3.8, 4) is 0 Å². The summed E-state index contributed by atoms with van der Waals surface area (Å²) in [6.07, 6.45) is 7.38. The highest BCUT2D eigenvalue weighted by molar-refractivity contribution is 5.52. The number of hydrogen-bond acceptors (Lipinski definition) is 6. The van der Waals surface area contributed by atoms with Crippen molar-refractivity contribution in [3.63, 3.8) is 0 Å². The lowest BCUT2D eigenvalue weighted by atomic mass is 10.2. The monoisotopic (exact) mass is 335 g/mol. The van der Waals surface area contributed by atoms with Crippen LogP contribution in [0.3, 0.4) is 0 Å². The molecule has 7 heteroatoms. The van der Waals surface area contributed by atoms with Crippen LogP contribution in [0.4, 0.5) is 11.8 Å². The van der Waals surface area contributed by atoms with Gasteiger partial charge in [0.25, 0.3) is 0 Å². The predicted octanol–water partition coefficient (Wildman–Crippen LogP) is 1.90. The Bertz CT molecular complexity index is 817. The quantitative estimate of drug-likeness (QED) is 0.726. The zero-order valence-corrected chi connectivity index (χ0v) is 14.3. The maximum atomic E-state index is 4.81. The van der Waals surface area contributed by atoms with Crippen LogP contribution < -0.4 is 9.80 Å². The maximum absolute atomic E-state index is 4.81. The first-order valence-corrected chi connectivity index (χ1v) is 8.50. The first kappa shape index (κ1) is 15.6. The van der Waals surface area contributed by atoms with E-state index in [1.165, 1.54) is 5.56 Å². The fourth-order valence-electron chi connectivity index (χ4n) is 3.10. The van der Waals surface area contributed by atoms with Gasteiger partial charge in [-0.25, -0.2) is 15.0 Å². The third-order valence-corrected chi connectivity index (χ3v) is 4.39.